The van der Waals surface area contributed by atoms with E-state index < -0.39 is 0 Å². The summed E-state index contributed by atoms with van der Waals surface area (Å²) in [5.41, 5.74) is -0.0350. The van der Waals surface area contributed by atoms with Gasteiger partial charge in [-0.2, -0.15) is 0 Å². The van der Waals surface area contributed by atoms with Gasteiger partial charge < -0.3 is 19.9 Å². The van der Waals surface area contributed by atoms with Crippen LogP contribution in [-0.2, 0) is 9.47 Å². The Morgan fingerprint density at radius 2 is 2.31 bits per heavy atom. The summed E-state index contributed by atoms with van der Waals surface area (Å²) in [6.45, 7) is 5.91. The average molecular weight is 231 g/mol. The number of aliphatic hydroxyl groups excluding tert-OH is 1. The molecule has 0 spiro atoms. The molecule has 0 radical (unpaired) electrons. The van der Waals surface area contributed by atoms with Gasteiger partial charge in [0.15, 0.2) is 0 Å². The van der Waals surface area contributed by atoms with E-state index in [1.165, 1.54) is 0 Å². The maximum Gasteiger partial charge on any atom is 0.0641 e. The highest BCUT2D eigenvalue weighted by Gasteiger charge is 2.29. The fourth-order valence-electron chi connectivity index (χ4n) is 2.28. The summed E-state index contributed by atoms with van der Waals surface area (Å²) in [6.07, 6.45) is 2.79. The minimum absolute atomic E-state index is 0.0350. The second-order valence-electron chi connectivity index (χ2n) is 5.13. The van der Waals surface area contributed by atoms with Crippen LogP contribution in [0.5, 0.6) is 0 Å². The van der Waals surface area contributed by atoms with Crippen LogP contribution in [-0.4, -0.2) is 49.7 Å². The van der Waals surface area contributed by atoms with Crippen molar-refractivity contribution >= 4 is 0 Å². The standard InChI is InChI=1S/C12H25NO3/c1-12(2)8-10(5-7-16-12)13-11(4-6-14)9-15-3/h10-11,13-14H,4-9H2,1-3H3. The van der Waals surface area contributed by atoms with Gasteiger partial charge in [0.2, 0.25) is 0 Å². The molecule has 1 heterocycles. The van der Waals surface area contributed by atoms with Crippen LogP contribution in [0.15, 0.2) is 0 Å². The van der Waals surface area contributed by atoms with Gasteiger partial charge in [0.05, 0.1) is 12.2 Å². The quantitative estimate of drug-likeness (QED) is 0.714. The second-order valence-corrected chi connectivity index (χ2v) is 5.13. The van der Waals surface area contributed by atoms with E-state index in [1.54, 1.807) is 7.11 Å². The first-order valence-corrected chi connectivity index (χ1v) is 6.07. The summed E-state index contributed by atoms with van der Waals surface area (Å²) in [5.74, 6) is 0. The Hall–Kier alpha value is -0.160. The Bertz CT molecular complexity index is 191. The molecule has 1 aliphatic rings. The van der Waals surface area contributed by atoms with Crippen molar-refractivity contribution in [2.45, 2.75) is 50.8 Å². The predicted molar refractivity (Wildman–Crippen MR) is 63.6 cm³/mol. The van der Waals surface area contributed by atoms with Gasteiger partial charge in [0.25, 0.3) is 0 Å². The number of nitrogens with one attached hydrogen (secondary N) is 1. The zero-order valence-electron chi connectivity index (χ0n) is 10.7. The summed E-state index contributed by atoms with van der Waals surface area (Å²) < 4.78 is 10.8. The van der Waals surface area contributed by atoms with Gasteiger partial charge >= 0.3 is 0 Å². The molecular weight excluding hydrogens is 206 g/mol. The molecule has 4 nitrogen and oxygen atoms in total. The maximum atomic E-state index is 8.98. The van der Waals surface area contributed by atoms with Gasteiger partial charge in [-0.3, -0.25) is 0 Å². The SMILES string of the molecule is COCC(CCO)NC1CCOC(C)(C)C1. The van der Waals surface area contributed by atoms with Crippen molar-refractivity contribution in [1.82, 2.24) is 5.32 Å². The summed E-state index contributed by atoms with van der Waals surface area (Å²) in [4.78, 5) is 0. The van der Waals surface area contributed by atoms with Gasteiger partial charge in [0.1, 0.15) is 0 Å². The number of aliphatic hydroxyl groups is 1. The largest absolute Gasteiger partial charge is 0.396 e. The van der Waals surface area contributed by atoms with Crippen molar-refractivity contribution in [1.29, 1.82) is 0 Å². The van der Waals surface area contributed by atoms with Gasteiger partial charge in [-0.15, -0.1) is 0 Å². The number of hydrogen-bond acceptors (Lipinski definition) is 4. The molecule has 0 aromatic heterocycles. The van der Waals surface area contributed by atoms with Crippen molar-refractivity contribution in [3.8, 4) is 0 Å². The molecule has 2 N–H and O–H groups in total. The van der Waals surface area contributed by atoms with Crippen molar-refractivity contribution in [3.63, 3.8) is 0 Å². The van der Waals surface area contributed by atoms with E-state index in [-0.39, 0.29) is 18.2 Å². The molecule has 1 fully saturated rings. The highest BCUT2D eigenvalue weighted by Crippen LogP contribution is 2.24. The predicted octanol–water partition coefficient (Wildman–Crippen LogP) is 0.931. The van der Waals surface area contributed by atoms with Crippen molar-refractivity contribution < 1.29 is 14.6 Å². The van der Waals surface area contributed by atoms with Gasteiger partial charge in [-0.25, -0.2) is 0 Å². The third-order valence-corrected chi connectivity index (χ3v) is 3.01. The molecule has 1 aliphatic heterocycles. The smallest absolute Gasteiger partial charge is 0.0641 e. The van der Waals surface area contributed by atoms with Crippen LogP contribution < -0.4 is 5.32 Å². The minimum atomic E-state index is -0.0350. The fourth-order valence-corrected chi connectivity index (χ4v) is 2.28. The number of hydrogen-bond donors (Lipinski definition) is 2. The summed E-state index contributed by atoms with van der Waals surface area (Å²) in [6, 6.07) is 0.712. The summed E-state index contributed by atoms with van der Waals surface area (Å²) in [7, 11) is 1.69. The molecule has 2 unspecified atom stereocenters. The minimum Gasteiger partial charge on any atom is -0.396 e. The molecule has 16 heavy (non-hydrogen) atoms. The highest BCUT2D eigenvalue weighted by molar-refractivity contribution is 4.85. The number of methoxy groups -OCH3 is 1. The topological polar surface area (TPSA) is 50.7 Å². The van der Waals surface area contributed by atoms with E-state index in [0.717, 1.165) is 25.9 Å². The zero-order valence-corrected chi connectivity index (χ0v) is 10.7. The van der Waals surface area contributed by atoms with E-state index >= 15 is 0 Å². The maximum absolute atomic E-state index is 8.98. The third kappa shape index (κ3) is 4.78. The molecule has 0 aromatic rings. The Morgan fingerprint density at radius 3 is 2.88 bits per heavy atom. The fraction of sp³-hybridized carbons (Fsp3) is 1.00. The average Bonchev–Trinajstić information content (AvgIpc) is 2.16. The van der Waals surface area contributed by atoms with Crippen LogP contribution in [0, 0.1) is 0 Å². The molecule has 4 heteroatoms. The van der Waals surface area contributed by atoms with Gasteiger partial charge in [-0.1, -0.05) is 0 Å². The van der Waals surface area contributed by atoms with Crippen molar-refractivity contribution in [3.05, 3.63) is 0 Å². The second kappa shape index (κ2) is 6.55. The molecule has 0 aromatic carbocycles. The van der Waals surface area contributed by atoms with Crippen LogP contribution >= 0.6 is 0 Å². The van der Waals surface area contributed by atoms with Crippen LogP contribution in [0.1, 0.15) is 33.1 Å². The van der Waals surface area contributed by atoms with E-state index in [1.807, 2.05) is 0 Å². The van der Waals surface area contributed by atoms with E-state index in [2.05, 4.69) is 19.2 Å². The molecule has 96 valence electrons. The highest BCUT2D eigenvalue weighted by atomic mass is 16.5. The van der Waals surface area contributed by atoms with Crippen LogP contribution in [0.2, 0.25) is 0 Å². The van der Waals surface area contributed by atoms with Crippen LogP contribution in [0.3, 0.4) is 0 Å². The molecular formula is C12H25NO3. The number of ether oxygens (including phenoxy) is 2. The van der Waals surface area contributed by atoms with Gasteiger partial charge in [0, 0.05) is 32.4 Å². The van der Waals surface area contributed by atoms with Crippen molar-refractivity contribution in [2.24, 2.45) is 0 Å². The molecule has 0 bridgehead atoms. The Balaban J connectivity index is 2.38. The van der Waals surface area contributed by atoms with Gasteiger partial charge in [-0.05, 0) is 33.1 Å². The molecule has 1 rings (SSSR count). The van der Waals surface area contributed by atoms with E-state index in [9.17, 15) is 0 Å². The molecule has 0 amide bonds. The first-order chi connectivity index (χ1) is 7.57. The first-order valence-electron chi connectivity index (χ1n) is 6.07. The van der Waals surface area contributed by atoms with E-state index in [0.29, 0.717) is 12.6 Å². The lowest BCUT2D eigenvalue weighted by Crippen LogP contribution is -2.48. The number of rotatable bonds is 6. The third-order valence-electron chi connectivity index (χ3n) is 3.01. The normalized spacial score (nSPS) is 26.6. The van der Waals surface area contributed by atoms with Crippen molar-refractivity contribution in [2.75, 3.05) is 26.9 Å². The molecule has 0 aliphatic carbocycles. The molecule has 2 atom stereocenters. The lowest BCUT2D eigenvalue weighted by molar-refractivity contribution is -0.0654. The summed E-state index contributed by atoms with van der Waals surface area (Å²) >= 11 is 0. The Labute approximate surface area is 98.3 Å². The lowest BCUT2D eigenvalue weighted by Gasteiger charge is -2.37. The first kappa shape index (κ1) is 13.9. The molecule has 0 saturated carbocycles. The summed E-state index contributed by atoms with van der Waals surface area (Å²) in [5, 5.41) is 12.5. The zero-order chi connectivity index (χ0) is 12.0. The Morgan fingerprint density at radius 1 is 1.56 bits per heavy atom. The Kier molecular flexibility index (Phi) is 5.69. The monoisotopic (exact) mass is 231 g/mol. The van der Waals surface area contributed by atoms with E-state index in [4.69, 9.17) is 14.6 Å². The molecule has 1 saturated heterocycles. The van der Waals surface area contributed by atoms with Crippen LogP contribution in [0.25, 0.3) is 0 Å². The van der Waals surface area contributed by atoms with Crippen LogP contribution in [0.4, 0.5) is 0 Å². The lowest BCUT2D eigenvalue weighted by atomic mass is 9.93.